The number of carbonyl (C=O) groups excluding carboxylic acids is 3. The maximum absolute atomic E-state index is 13.1. The number of nitrogens with one attached hydrogen (secondary N) is 3. The lowest BCUT2D eigenvalue weighted by molar-refractivity contribution is -0.252. The van der Waals surface area contributed by atoms with E-state index in [-0.39, 0.29) is 17.4 Å². The van der Waals surface area contributed by atoms with Gasteiger partial charge in [-0.1, -0.05) is 13.8 Å². The Kier molecular flexibility index (Phi) is 10.4. The van der Waals surface area contributed by atoms with E-state index < -0.39 is 43.2 Å². The van der Waals surface area contributed by atoms with Crippen LogP contribution in [0.5, 0.6) is 0 Å². The average Bonchev–Trinajstić information content (AvgIpc) is 2.75. The first-order valence-electron chi connectivity index (χ1n) is 10.7. The van der Waals surface area contributed by atoms with Gasteiger partial charge in [0.2, 0.25) is 11.8 Å². The topological polar surface area (TPSA) is 177 Å². The second-order valence-corrected chi connectivity index (χ2v) is 7.59. The van der Waals surface area contributed by atoms with E-state index in [2.05, 4.69) is 16.0 Å². The summed E-state index contributed by atoms with van der Waals surface area (Å²) in [5, 5.41) is 47.4. The molecule has 11 nitrogen and oxygen atoms in total. The zero-order chi connectivity index (χ0) is 25.6. The van der Waals surface area contributed by atoms with E-state index in [1.165, 1.54) is 13.8 Å². The van der Waals surface area contributed by atoms with Gasteiger partial charge < -0.3 is 41.1 Å². The summed E-state index contributed by atoms with van der Waals surface area (Å²) in [5.74, 6) is -1.48. The SMILES string of the molecule is CC.CC(=O)Nc1c(C)c(NC(C)=O)c(C)c(C(=O)NC2C(O)OC(CO)C(O)C2O)c1C. The van der Waals surface area contributed by atoms with Crippen LogP contribution in [0.25, 0.3) is 0 Å². The minimum absolute atomic E-state index is 0.108. The first-order chi connectivity index (χ1) is 15.4. The summed E-state index contributed by atoms with van der Waals surface area (Å²) in [7, 11) is 0. The number of benzene rings is 1. The molecule has 5 atom stereocenters. The molecule has 1 aliphatic rings. The van der Waals surface area contributed by atoms with Gasteiger partial charge in [0.05, 0.1) is 6.61 Å². The van der Waals surface area contributed by atoms with Crippen molar-refractivity contribution in [1.29, 1.82) is 0 Å². The zero-order valence-electron chi connectivity index (χ0n) is 20.0. The Morgan fingerprint density at radius 1 is 0.848 bits per heavy atom. The summed E-state index contributed by atoms with van der Waals surface area (Å²) in [4.78, 5) is 36.5. The number of carbonyl (C=O) groups is 3. The second-order valence-electron chi connectivity index (χ2n) is 7.59. The Morgan fingerprint density at radius 2 is 1.30 bits per heavy atom. The Morgan fingerprint density at radius 3 is 1.70 bits per heavy atom. The van der Waals surface area contributed by atoms with Crippen molar-refractivity contribution >= 4 is 29.1 Å². The van der Waals surface area contributed by atoms with E-state index in [9.17, 15) is 34.8 Å². The van der Waals surface area contributed by atoms with Crippen LogP contribution in [-0.4, -0.2) is 75.4 Å². The van der Waals surface area contributed by atoms with Crippen LogP contribution in [0.1, 0.15) is 54.7 Å². The molecule has 33 heavy (non-hydrogen) atoms. The van der Waals surface area contributed by atoms with E-state index in [0.717, 1.165) is 0 Å². The molecule has 3 amide bonds. The number of hydrogen-bond acceptors (Lipinski definition) is 8. The molecular formula is C22H35N3O8. The molecule has 1 aromatic rings. The van der Waals surface area contributed by atoms with Crippen LogP contribution in [0.3, 0.4) is 0 Å². The normalized spacial score (nSPS) is 24.3. The molecule has 2 rings (SSSR count). The third kappa shape index (κ3) is 6.27. The van der Waals surface area contributed by atoms with E-state index in [1.54, 1.807) is 20.8 Å². The standard InChI is InChI=1S/C20H29N3O8.C2H6/c1-7-13(8(2)15(22-11(5)26)9(3)14(7)21-10(4)25)19(29)23-16-18(28)17(27)12(6-24)31-20(16)30;1-2/h12,16-18,20,24,27-28,30H,6H2,1-5H3,(H,21,25)(H,22,26)(H,23,29);1-2H3. The third-order valence-corrected chi connectivity index (χ3v) is 5.28. The Hall–Kier alpha value is -2.57. The summed E-state index contributed by atoms with van der Waals surface area (Å²) < 4.78 is 5.07. The van der Waals surface area contributed by atoms with Gasteiger partial charge in [-0.15, -0.1) is 0 Å². The average molecular weight is 470 g/mol. The molecule has 1 aliphatic heterocycles. The van der Waals surface area contributed by atoms with E-state index in [0.29, 0.717) is 28.1 Å². The van der Waals surface area contributed by atoms with Gasteiger partial charge in [0.1, 0.15) is 24.4 Å². The molecule has 1 fully saturated rings. The molecular weight excluding hydrogens is 434 g/mol. The number of hydrogen-bond donors (Lipinski definition) is 7. The van der Waals surface area contributed by atoms with Gasteiger partial charge in [0.15, 0.2) is 6.29 Å². The molecule has 0 saturated carbocycles. The highest BCUT2D eigenvalue weighted by Crippen LogP contribution is 2.35. The Labute approximate surface area is 193 Å². The fourth-order valence-corrected chi connectivity index (χ4v) is 3.76. The smallest absolute Gasteiger partial charge is 0.252 e. The molecule has 186 valence electrons. The van der Waals surface area contributed by atoms with Gasteiger partial charge in [-0.25, -0.2) is 0 Å². The van der Waals surface area contributed by atoms with E-state index in [4.69, 9.17) is 4.74 Å². The van der Waals surface area contributed by atoms with Gasteiger partial charge >= 0.3 is 0 Å². The van der Waals surface area contributed by atoms with Crippen molar-refractivity contribution in [3.63, 3.8) is 0 Å². The Bertz CT molecular complexity index is 846. The molecule has 1 saturated heterocycles. The third-order valence-electron chi connectivity index (χ3n) is 5.28. The number of aliphatic hydroxyl groups is 4. The molecule has 1 aromatic carbocycles. The van der Waals surface area contributed by atoms with Crippen molar-refractivity contribution in [1.82, 2.24) is 5.32 Å². The Balaban J connectivity index is 0.00000265. The van der Waals surface area contributed by atoms with Crippen molar-refractivity contribution in [3.8, 4) is 0 Å². The van der Waals surface area contributed by atoms with Crippen LogP contribution >= 0.6 is 0 Å². The predicted molar refractivity (Wildman–Crippen MR) is 122 cm³/mol. The lowest BCUT2D eigenvalue weighted by atomic mass is 9.92. The summed E-state index contributed by atoms with van der Waals surface area (Å²) in [6.07, 6.45) is -6.04. The van der Waals surface area contributed by atoms with Crippen molar-refractivity contribution < 1.29 is 39.5 Å². The van der Waals surface area contributed by atoms with Gasteiger partial charge in [-0.05, 0) is 37.5 Å². The van der Waals surface area contributed by atoms with Crippen LogP contribution < -0.4 is 16.0 Å². The van der Waals surface area contributed by atoms with E-state index in [1.807, 2.05) is 13.8 Å². The minimum Gasteiger partial charge on any atom is -0.394 e. The first kappa shape index (κ1) is 28.5. The zero-order valence-corrected chi connectivity index (χ0v) is 20.0. The summed E-state index contributed by atoms with van der Waals surface area (Å²) in [5.41, 5.74) is 2.16. The lowest BCUT2D eigenvalue weighted by Gasteiger charge is -2.40. The lowest BCUT2D eigenvalue weighted by Crippen LogP contribution is -2.64. The molecule has 7 N–H and O–H groups in total. The number of aliphatic hydroxyl groups excluding tert-OH is 4. The summed E-state index contributed by atoms with van der Waals surface area (Å²) in [6, 6.07) is -1.39. The van der Waals surface area contributed by atoms with Crippen molar-refractivity contribution in [2.75, 3.05) is 17.2 Å². The monoisotopic (exact) mass is 469 g/mol. The molecule has 0 aromatic heterocycles. The molecule has 0 aliphatic carbocycles. The highest BCUT2D eigenvalue weighted by molar-refractivity contribution is 6.05. The van der Waals surface area contributed by atoms with Gasteiger partial charge in [-0.2, -0.15) is 0 Å². The molecule has 0 spiro atoms. The fraction of sp³-hybridized carbons (Fsp3) is 0.591. The van der Waals surface area contributed by atoms with Crippen LogP contribution in [0.2, 0.25) is 0 Å². The maximum Gasteiger partial charge on any atom is 0.252 e. The quantitative estimate of drug-likeness (QED) is 0.317. The summed E-state index contributed by atoms with van der Waals surface area (Å²) >= 11 is 0. The first-order valence-corrected chi connectivity index (χ1v) is 10.7. The van der Waals surface area contributed by atoms with Crippen LogP contribution in [0.15, 0.2) is 0 Å². The summed E-state index contributed by atoms with van der Waals surface area (Å²) in [6.45, 7) is 10.9. The largest absolute Gasteiger partial charge is 0.394 e. The predicted octanol–water partition coefficient (Wildman–Crippen LogP) is 0.0846. The minimum atomic E-state index is -1.69. The number of ether oxygens (including phenoxy) is 1. The number of rotatable bonds is 5. The molecule has 5 unspecified atom stereocenters. The van der Waals surface area contributed by atoms with Crippen molar-refractivity contribution in [2.24, 2.45) is 0 Å². The van der Waals surface area contributed by atoms with Gasteiger partial charge in [0.25, 0.3) is 5.91 Å². The van der Waals surface area contributed by atoms with Crippen molar-refractivity contribution in [3.05, 3.63) is 22.3 Å². The van der Waals surface area contributed by atoms with E-state index >= 15 is 0 Å². The van der Waals surface area contributed by atoms with Gasteiger partial charge in [-0.3, -0.25) is 14.4 Å². The van der Waals surface area contributed by atoms with Crippen LogP contribution in [-0.2, 0) is 14.3 Å². The van der Waals surface area contributed by atoms with Crippen molar-refractivity contribution in [2.45, 2.75) is 79.1 Å². The molecule has 0 radical (unpaired) electrons. The highest BCUT2D eigenvalue weighted by Gasteiger charge is 2.44. The molecule has 0 bridgehead atoms. The fourth-order valence-electron chi connectivity index (χ4n) is 3.76. The van der Waals surface area contributed by atoms with Crippen LogP contribution in [0, 0.1) is 20.8 Å². The number of anilines is 2. The van der Waals surface area contributed by atoms with Crippen LogP contribution in [0.4, 0.5) is 11.4 Å². The highest BCUT2D eigenvalue weighted by atomic mass is 16.6. The second kappa shape index (κ2) is 12.1. The van der Waals surface area contributed by atoms with Gasteiger partial charge in [0, 0.05) is 30.8 Å². The molecule has 11 heteroatoms. The number of amides is 3. The molecule has 1 heterocycles. The maximum atomic E-state index is 13.1.